The van der Waals surface area contributed by atoms with Crippen molar-refractivity contribution < 1.29 is 13.5 Å². The number of hydrogen-bond acceptors (Lipinski definition) is 4. The third-order valence-corrected chi connectivity index (χ3v) is 3.43. The zero-order valence-corrected chi connectivity index (χ0v) is 9.72. The van der Waals surface area contributed by atoms with Gasteiger partial charge in [0.15, 0.2) is 9.84 Å². The summed E-state index contributed by atoms with van der Waals surface area (Å²) in [5, 5.41) is 9.80. The minimum absolute atomic E-state index is 0.00701. The van der Waals surface area contributed by atoms with Crippen LogP contribution < -0.4 is 5.73 Å². The van der Waals surface area contributed by atoms with E-state index in [2.05, 4.69) is 0 Å². The molecule has 0 aliphatic rings. The van der Waals surface area contributed by atoms with Gasteiger partial charge in [-0.1, -0.05) is 11.6 Å². The number of benzene rings is 1. The topological polar surface area (TPSA) is 80.4 Å². The van der Waals surface area contributed by atoms with Gasteiger partial charge in [0.05, 0.1) is 11.0 Å². The van der Waals surface area contributed by atoms with Crippen molar-refractivity contribution in [2.24, 2.45) is 5.73 Å². The van der Waals surface area contributed by atoms with Crippen molar-refractivity contribution in [2.45, 2.75) is 11.0 Å². The smallest absolute Gasteiger partial charge is 0.175 e. The molecular weight excluding hydrogens is 238 g/mol. The van der Waals surface area contributed by atoms with Crippen molar-refractivity contribution in [1.82, 2.24) is 0 Å². The molecule has 0 amide bonds. The summed E-state index contributed by atoms with van der Waals surface area (Å²) in [6, 6.07) is 4.17. The van der Waals surface area contributed by atoms with Crippen LogP contribution in [0.1, 0.15) is 11.7 Å². The van der Waals surface area contributed by atoms with Crippen molar-refractivity contribution in [3.63, 3.8) is 0 Å². The lowest BCUT2D eigenvalue weighted by molar-refractivity contribution is 0.186. The van der Waals surface area contributed by atoms with E-state index >= 15 is 0 Å². The molecule has 1 rings (SSSR count). The van der Waals surface area contributed by atoms with Gasteiger partial charge in [-0.15, -0.1) is 0 Å². The second-order valence-corrected chi connectivity index (χ2v) is 5.63. The standard InChI is InChI=1S/C9H12ClNO3S/c1-15(13,14)6-2-3-8(10)7(4-6)9(12)5-11/h2-4,9,12H,5,11H2,1H3. The Bertz CT molecular complexity index is 458. The monoisotopic (exact) mass is 249 g/mol. The van der Waals surface area contributed by atoms with Crippen LogP contribution in [0.4, 0.5) is 0 Å². The molecule has 3 N–H and O–H groups in total. The van der Waals surface area contributed by atoms with E-state index in [9.17, 15) is 13.5 Å². The molecule has 0 aliphatic carbocycles. The molecule has 84 valence electrons. The van der Waals surface area contributed by atoms with Gasteiger partial charge in [0.25, 0.3) is 0 Å². The zero-order valence-electron chi connectivity index (χ0n) is 8.14. The first-order valence-corrected chi connectivity index (χ1v) is 6.51. The summed E-state index contributed by atoms with van der Waals surface area (Å²) in [6.45, 7) is -0.00701. The maximum Gasteiger partial charge on any atom is 0.175 e. The molecule has 1 aromatic carbocycles. The van der Waals surface area contributed by atoms with Crippen LogP contribution in [-0.2, 0) is 9.84 Å². The molecule has 0 aromatic heterocycles. The van der Waals surface area contributed by atoms with E-state index < -0.39 is 15.9 Å². The lowest BCUT2D eigenvalue weighted by Gasteiger charge is -2.11. The average Bonchev–Trinajstić information content (AvgIpc) is 2.15. The molecule has 4 nitrogen and oxygen atoms in total. The Kier molecular flexibility index (Phi) is 3.72. The van der Waals surface area contributed by atoms with Crippen LogP contribution in [0, 0.1) is 0 Å². The van der Waals surface area contributed by atoms with Crippen LogP contribution >= 0.6 is 11.6 Å². The van der Waals surface area contributed by atoms with Gasteiger partial charge in [-0.05, 0) is 18.2 Å². The minimum Gasteiger partial charge on any atom is -0.387 e. The van der Waals surface area contributed by atoms with E-state index in [4.69, 9.17) is 17.3 Å². The summed E-state index contributed by atoms with van der Waals surface area (Å²) in [7, 11) is -3.29. The SMILES string of the molecule is CS(=O)(=O)c1ccc(Cl)c(C(O)CN)c1. The molecule has 0 saturated heterocycles. The second-order valence-electron chi connectivity index (χ2n) is 3.21. The van der Waals surface area contributed by atoms with Gasteiger partial charge in [0, 0.05) is 23.4 Å². The molecule has 0 fully saturated rings. The molecule has 0 spiro atoms. The molecule has 1 unspecified atom stereocenters. The van der Waals surface area contributed by atoms with Gasteiger partial charge >= 0.3 is 0 Å². The quantitative estimate of drug-likeness (QED) is 0.828. The van der Waals surface area contributed by atoms with Gasteiger partial charge in [0.1, 0.15) is 0 Å². The molecular formula is C9H12ClNO3S. The summed E-state index contributed by atoms with van der Waals surface area (Å²) < 4.78 is 22.5. The number of rotatable bonds is 3. The maximum atomic E-state index is 11.3. The first kappa shape index (κ1) is 12.4. The maximum absolute atomic E-state index is 11.3. The summed E-state index contributed by atoms with van der Waals surface area (Å²) in [4.78, 5) is 0.120. The summed E-state index contributed by atoms with van der Waals surface area (Å²) >= 11 is 5.81. The lowest BCUT2D eigenvalue weighted by Crippen LogP contribution is -2.12. The van der Waals surface area contributed by atoms with Gasteiger partial charge in [-0.25, -0.2) is 8.42 Å². The van der Waals surface area contributed by atoms with Crippen molar-refractivity contribution >= 4 is 21.4 Å². The van der Waals surface area contributed by atoms with E-state index in [1.165, 1.54) is 18.2 Å². The lowest BCUT2D eigenvalue weighted by atomic mass is 10.1. The number of sulfone groups is 1. The highest BCUT2D eigenvalue weighted by Crippen LogP contribution is 2.25. The molecule has 1 aromatic rings. The minimum atomic E-state index is -3.29. The van der Waals surface area contributed by atoms with E-state index in [1.807, 2.05) is 0 Å². The normalized spacial score (nSPS) is 13.9. The molecule has 6 heteroatoms. The first-order valence-electron chi connectivity index (χ1n) is 4.24. The van der Waals surface area contributed by atoms with E-state index in [0.717, 1.165) is 6.26 Å². The Labute approximate surface area is 93.6 Å². The highest BCUT2D eigenvalue weighted by Gasteiger charge is 2.14. The van der Waals surface area contributed by atoms with Crippen LogP contribution in [0.3, 0.4) is 0 Å². The Hall–Kier alpha value is -0.620. The highest BCUT2D eigenvalue weighted by molar-refractivity contribution is 7.90. The largest absolute Gasteiger partial charge is 0.387 e. The second kappa shape index (κ2) is 4.49. The Morgan fingerprint density at radius 1 is 1.53 bits per heavy atom. The van der Waals surface area contributed by atoms with Crippen LogP contribution in [0.2, 0.25) is 5.02 Å². The van der Waals surface area contributed by atoms with E-state index in [1.54, 1.807) is 0 Å². The van der Waals surface area contributed by atoms with Crippen LogP contribution in [0.5, 0.6) is 0 Å². The Morgan fingerprint density at radius 3 is 2.60 bits per heavy atom. The number of hydrogen-bond donors (Lipinski definition) is 2. The molecule has 1 atom stereocenters. The highest BCUT2D eigenvalue weighted by atomic mass is 35.5. The third-order valence-electron chi connectivity index (χ3n) is 1.98. The van der Waals surface area contributed by atoms with E-state index in [0.29, 0.717) is 10.6 Å². The summed E-state index contributed by atoms with van der Waals surface area (Å²) in [6.07, 6.45) is 0.147. The van der Waals surface area contributed by atoms with Crippen LogP contribution in [0.15, 0.2) is 23.1 Å². The van der Waals surface area contributed by atoms with Crippen molar-refractivity contribution in [3.05, 3.63) is 28.8 Å². The fraction of sp³-hybridized carbons (Fsp3) is 0.333. The molecule has 0 aliphatic heterocycles. The van der Waals surface area contributed by atoms with Gasteiger partial charge in [0.2, 0.25) is 0 Å². The molecule has 0 saturated carbocycles. The van der Waals surface area contributed by atoms with Gasteiger partial charge in [-0.3, -0.25) is 0 Å². The molecule has 15 heavy (non-hydrogen) atoms. The molecule has 0 heterocycles. The number of nitrogens with two attached hydrogens (primary N) is 1. The third kappa shape index (κ3) is 2.92. The van der Waals surface area contributed by atoms with Crippen LogP contribution in [-0.4, -0.2) is 26.3 Å². The Balaban J connectivity index is 3.29. The van der Waals surface area contributed by atoms with Crippen molar-refractivity contribution in [2.75, 3.05) is 12.8 Å². The summed E-state index contributed by atoms with van der Waals surface area (Å²) in [5.41, 5.74) is 5.61. The average molecular weight is 250 g/mol. The predicted molar refractivity (Wildman–Crippen MR) is 58.6 cm³/mol. The van der Waals surface area contributed by atoms with Gasteiger partial charge in [-0.2, -0.15) is 0 Å². The molecule has 0 bridgehead atoms. The Morgan fingerprint density at radius 2 is 2.13 bits per heavy atom. The first-order chi connectivity index (χ1) is 6.86. The fourth-order valence-electron chi connectivity index (χ4n) is 1.13. The summed E-state index contributed by atoms with van der Waals surface area (Å²) in [5.74, 6) is 0. The van der Waals surface area contributed by atoms with E-state index in [-0.39, 0.29) is 11.4 Å². The molecule has 0 radical (unpaired) electrons. The number of halogens is 1. The van der Waals surface area contributed by atoms with Crippen LogP contribution in [0.25, 0.3) is 0 Å². The fourth-order valence-corrected chi connectivity index (χ4v) is 2.03. The number of aliphatic hydroxyl groups is 1. The number of aliphatic hydroxyl groups excluding tert-OH is 1. The van der Waals surface area contributed by atoms with Crippen molar-refractivity contribution in [1.29, 1.82) is 0 Å². The predicted octanol–water partition coefficient (Wildman–Crippen LogP) is 0.736. The zero-order chi connectivity index (χ0) is 11.6. The van der Waals surface area contributed by atoms with Gasteiger partial charge < -0.3 is 10.8 Å². The van der Waals surface area contributed by atoms with Crippen molar-refractivity contribution in [3.8, 4) is 0 Å².